The minimum Gasteiger partial charge on any atom is -0.504 e. The molecule has 2 aromatic carbocycles. The van der Waals surface area contributed by atoms with Crippen LogP contribution in [0.5, 0.6) is 34.5 Å². The van der Waals surface area contributed by atoms with Crippen molar-refractivity contribution in [3.8, 4) is 45.6 Å². The van der Waals surface area contributed by atoms with Crippen LogP contribution in [0.2, 0.25) is 5.02 Å². The van der Waals surface area contributed by atoms with Gasteiger partial charge in [0.1, 0.15) is 11.8 Å². The lowest BCUT2D eigenvalue weighted by molar-refractivity contribution is -0.141. The molecule has 0 fully saturated rings. The lowest BCUT2D eigenvalue weighted by Crippen LogP contribution is -2.31. The lowest BCUT2D eigenvalue weighted by atomic mass is 9.97. The monoisotopic (exact) mass is 512 g/mol. The number of carboxylic acids is 1. The van der Waals surface area contributed by atoms with E-state index in [1.807, 2.05) is 0 Å². The largest absolute Gasteiger partial charge is 0.504 e. The van der Waals surface area contributed by atoms with Gasteiger partial charge in [0.2, 0.25) is 17.2 Å². The molecule has 1 heterocycles. The molecule has 12 heteroatoms. The van der Waals surface area contributed by atoms with E-state index >= 15 is 0 Å². The van der Waals surface area contributed by atoms with Gasteiger partial charge in [0.15, 0.2) is 17.3 Å². The summed E-state index contributed by atoms with van der Waals surface area (Å²) in [6.45, 7) is 1.27. The third-order valence-corrected chi connectivity index (χ3v) is 5.22. The zero-order valence-corrected chi connectivity index (χ0v) is 18.7. The third-order valence-electron chi connectivity index (χ3n) is 4.99. The van der Waals surface area contributed by atoms with Gasteiger partial charge in [-0.1, -0.05) is 11.6 Å². The molecule has 0 aliphatic carbocycles. The Hall–Kier alpha value is -4.38. The number of hydrogen-bond acceptors (Lipinski definition) is 9. The van der Waals surface area contributed by atoms with Crippen molar-refractivity contribution in [3.05, 3.63) is 57.0 Å². The van der Waals surface area contributed by atoms with Crippen molar-refractivity contribution in [3.63, 3.8) is 0 Å². The van der Waals surface area contributed by atoms with E-state index in [1.54, 1.807) is 0 Å². The SMILES string of the molecule is [2H]Oc1c(O[2H])c(O[2H])c(C([2H])([2H])C(C(=O)O)n2cc(OC)c(-c3cc(Cl)ccc3C(C)=O)cc2=O)c(O[2H])c1O[2H]. The standard InChI is InChI=1S/C23H20ClNO10/c1-9(26)11-4-3-10(24)5-12(11)13-7-17(27)25(8-16(13)35-2)15(23(33)34)6-14-18(28)20(30)22(32)21(31)19(14)29/h3-5,7-8,15,28-32H,6H2,1-2H3,(H,33,34)/i6D2/hD5. The molecule has 3 rings (SSSR count). The van der Waals surface area contributed by atoms with E-state index in [4.69, 9.17) is 26.2 Å². The predicted molar refractivity (Wildman–Crippen MR) is 123 cm³/mol. The molecular formula is C23H20ClNO10. The lowest BCUT2D eigenvalue weighted by Gasteiger charge is -2.20. The number of ketones is 1. The molecule has 0 radical (unpaired) electrons. The maximum atomic E-state index is 13.4. The summed E-state index contributed by atoms with van der Waals surface area (Å²) < 4.78 is 59.9. The van der Waals surface area contributed by atoms with Crippen molar-refractivity contribution in [1.29, 1.82) is 7.16 Å². The summed E-state index contributed by atoms with van der Waals surface area (Å²) >= 11 is 6.10. The van der Waals surface area contributed by atoms with E-state index in [9.17, 15) is 19.5 Å². The van der Waals surface area contributed by atoms with Gasteiger partial charge < -0.3 is 35.4 Å². The Labute approximate surface area is 212 Å². The normalized spacial score (nSPS) is 14.4. The number of carboxylic acid groups (broad SMARTS) is 1. The van der Waals surface area contributed by atoms with Gasteiger partial charge in [-0.2, -0.15) is 0 Å². The molecule has 1 atom stereocenters. The second-order valence-electron chi connectivity index (χ2n) is 7.15. The quantitative estimate of drug-likeness (QED) is 0.120. The van der Waals surface area contributed by atoms with Crippen LogP contribution in [0.15, 0.2) is 35.3 Å². The highest BCUT2D eigenvalue weighted by Crippen LogP contribution is 2.51. The van der Waals surface area contributed by atoms with Crippen molar-refractivity contribution >= 4 is 23.4 Å². The molecular weight excluding hydrogens is 486 g/mol. The van der Waals surface area contributed by atoms with Crippen LogP contribution < -0.4 is 10.3 Å². The first-order valence-corrected chi connectivity index (χ1v) is 9.96. The molecule has 6 N–H and O–H groups in total. The summed E-state index contributed by atoms with van der Waals surface area (Å²) in [7, 11) is 1.17. The highest BCUT2D eigenvalue weighted by Gasteiger charge is 2.30. The number of aliphatic carboxylic acids is 1. The number of nitrogens with zero attached hydrogens (tertiary/aromatic N) is 1. The molecule has 0 bridgehead atoms. The number of phenols is 5. The van der Waals surface area contributed by atoms with Crippen LogP contribution in [-0.2, 0) is 11.2 Å². The average Bonchev–Trinajstić information content (AvgIpc) is 2.95. The van der Waals surface area contributed by atoms with Crippen LogP contribution in [0.25, 0.3) is 11.1 Å². The van der Waals surface area contributed by atoms with E-state index in [0.29, 0.717) is 4.57 Å². The van der Waals surface area contributed by atoms with Gasteiger partial charge in [-0.15, -0.1) is 0 Å². The molecule has 0 aliphatic heterocycles. The van der Waals surface area contributed by atoms with Gasteiger partial charge in [0, 0.05) is 36.9 Å². The van der Waals surface area contributed by atoms with E-state index < -0.39 is 64.0 Å². The van der Waals surface area contributed by atoms with Crippen molar-refractivity contribution in [1.82, 2.24) is 4.57 Å². The first kappa shape index (κ1) is 17.1. The van der Waals surface area contributed by atoms with Crippen LogP contribution in [0.3, 0.4) is 0 Å². The maximum Gasteiger partial charge on any atom is 0.327 e. The van der Waals surface area contributed by atoms with Gasteiger partial charge in [0.25, 0.3) is 12.7 Å². The number of aromatic hydroxyl groups is 5. The minimum atomic E-state index is -3.39. The van der Waals surface area contributed by atoms with Crippen molar-refractivity contribution in [2.24, 2.45) is 0 Å². The topological polar surface area (TPSA) is 187 Å². The number of carbonyl (C=O) groups is 2. The average molecular weight is 513 g/mol. The molecule has 0 aliphatic rings. The summed E-state index contributed by atoms with van der Waals surface area (Å²) in [6, 6.07) is 2.59. The van der Waals surface area contributed by atoms with Crippen molar-refractivity contribution in [2.45, 2.75) is 19.3 Å². The number of Topliss-reactive ketones (excluding diaryl/α,β-unsaturated/α-hetero) is 1. The van der Waals surface area contributed by atoms with Crippen LogP contribution in [0.4, 0.5) is 0 Å². The third kappa shape index (κ3) is 4.53. The molecule has 1 unspecified atom stereocenters. The van der Waals surface area contributed by atoms with Crippen LogP contribution in [-0.4, -0.2) is 61.2 Å². The summed E-state index contributed by atoms with van der Waals surface area (Å²) in [5.74, 6) is -7.67. The van der Waals surface area contributed by atoms with Gasteiger partial charge in [-0.3, -0.25) is 14.2 Å². The molecule has 1 aromatic heterocycles. The number of carbonyl (C=O) groups excluding carboxylic acids is 1. The predicted octanol–water partition coefficient (Wildman–Crippen LogP) is 2.78. The van der Waals surface area contributed by atoms with Gasteiger partial charge >= 0.3 is 5.97 Å². The number of rotatable bonds is 12. The Morgan fingerprint density at radius 3 is 2.17 bits per heavy atom. The molecule has 0 amide bonds. The molecule has 0 saturated heterocycles. The molecule has 184 valence electrons. The second-order valence-corrected chi connectivity index (χ2v) is 7.59. The molecule has 3 aromatic rings. The number of aromatic nitrogens is 1. The number of ether oxygens (including phenoxy) is 1. The summed E-state index contributed by atoms with van der Waals surface area (Å²) in [4.78, 5) is 38.2. The number of hydrogen-bond donors (Lipinski definition) is 6. The number of phenolic OH excluding ortho intramolecular Hbond substituents is 5. The van der Waals surface area contributed by atoms with E-state index in [1.165, 1.54) is 32.2 Å². The number of pyridine rings is 1. The van der Waals surface area contributed by atoms with Crippen LogP contribution in [0, 0.1) is 0 Å². The number of benzene rings is 2. The number of halogens is 1. The van der Waals surface area contributed by atoms with Crippen molar-refractivity contribution < 1.29 is 47.7 Å². The van der Waals surface area contributed by atoms with E-state index in [-0.39, 0.29) is 27.5 Å². The molecule has 35 heavy (non-hydrogen) atoms. The zero-order valence-electron chi connectivity index (χ0n) is 24.9. The van der Waals surface area contributed by atoms with Gasteiger partial charge in [-0.25, -0.2) is 4.79 Å². The summed E-state index contributed by atoms with van der Waals surface area (Å²) in [5.41, 5.74) is -1.89. The Kier molecular flexibility index (Phi) is 4.63. The highest BCUT2D eigenvalue weighted by molar-refractivity contribution is 6.31. The highest BCUT2D eigenvalue weighted by atomic mass is 35.5. The Balaban J connectivity index is 2.42. The fourth-order valence-corrected chi connectivity index (χ4v) is 3.48. The van der Waals surface area contributed by atoms with Gasteiger partial charge in [-0.05, 0) is 30.7 Å². The van der Waals surface area contributed by atoms with E-state index in [2.05, 4.69) is 25.5 Å². The first-order chi connectivity index (χ1) is 19.8. The number of methoxy groups -OCH3 is 1. The molecule has 0 saturated carbocycles. The molecule has 0 spiro atoms. The van der Waals surface area contributed by atoms with Gasteiger partial charge in [0.05, 0.1) is 13.3 Å². The summed E-state index contributed by atoms with van der Waals surface area (Å²) in [6.07, 6.45) is -2.54. The smallest absolute Gasteiger partial charge is 0.327 e. The molecule has 11 nitrogen and oxygen atoms in total. The van der Waals surface area contributed by atoms with Crippen LogP contribution in [0.1, 0.15) is 31.6 Å². The Bertz CT molecular complexity index is 1570. The van der Waals surface area contributed by atoms with Crippen LogP contribution >= 0.6 is 11.6 Å². The Morgan fingerprint density at radius 2 is 1.66 bits per heavy atom. The first-order valence-electron chi connectivity index (χ1n) is 12.6. The summed E-state index contributed by atoms with van der Waals surface area (Å²) in [5, 5.41) is 31.9. The minimum absolute atomic E-state index is 0.0215. The fraction of sp³-hybridized carbons (Fsp3) is 0.174. The van der Waals surface area contributed by atoms with E-state index in [0.717, 1.165) is 12.3 Å². The maximum absolute atomic E-state index is 13.4. The fourth-order valence-electron chi connectivity index (χ4n) is 3.31. The second kappa shape index (κ2) is 9.47. The Morgan fingerprint density at radius 1 is 1.06 bits per heavy atom. The van der Waals surface area contributed by atoms with Crippen molar-refractivity contribution in [2.75, 3.05) is 7.11 Å². The zero-order chi connectivity index (χ0) is 31.5.